The van der Waals surface area contributed by atoms with Gasteiger partial charge in [0.2, 0.25) is 0 Å². The summed E-state index contributed by atoms with van der Waals surface area (Å²) in [4.78, 5) is 0. The van der Waals surface area contributed by atoms with Gasteiger partial charge in [-0.1, -0.05) is 57.4 Å². The van der Waals surface area contributed by atoms with Crippen LogP contribution in [0.3, 0.4) is 0 Å². The van der Waals surface area contributed by atoms with Crippen molar-refractivity contribution in [2.75, 3.05) is 0 Å². The van der Waals surface area contributed by atoms with Crippen LogP contribution >= 0.6 is 0 Å². The molecule has 96 valence electrons. The molecule has 1 rings (SSSR count). The van der Waals surface area contributed by atoms with Gasteiger partial charge < -0.3 is 10.2 Å². The SMILES string of the molecule is C=C/C=C(C=C)/C=C/c1cc(O)cc(O)c1.CC. The highest BCUT2D eigenvalue weighted by Gasteiger charge is 1.95. The summed E-state index contributed by atoms with van der Waals surface area (Å²) in [5.41, 5.74) is 1.62. The van der Waals surface area contributed by atoms with Gasteiger partial charge in [0.15, 0.2) is 0 Å². The maximum Gasteiger partial charge on any atom is 0.119 e. The summed E-state index contributed by atoms with van der Waals surface area (Å²) in [5, 5.41) is 18.5. The molecule has 1 aromatic carbocycles. The van der Waals surface area contributed by atoms with E-state index < -0.39 is 0 Å². The highest BCUT2D eigenvalue weighted by atomic mass is 16.3. The molecule has 0 aromatic heterocycles. The molecule has 0 aliphatic heterocycles. The minimum Gasteiger partial charge on any atom is -0.508 e. The van der Waals surface area contributed by atoms with Crippen LogP contribution in [0.15, 0.2) is 61.2 Å². The van der Waals surface area contributed by atoms with Gasteiger partial charge in [0, 0.05) is 6.07 Å². The van der Waals surface area contributed by atoms with Gasteiger partial charge in [0.25, 0.3) is 0 Å². The molecule has 0 atom stereocenters. The zero-order chi connectivity index (χ0) is 14.0. The van der Waals surface area contributed by atoms with Crippen molar-refractivity contribution in [1.29, 1.82) is 0 Å². The number of benzene rings is 1. The van der Waals surface area contributed by atoms with E-state index in [1.807, 2.05) is 26.0 Å². The van der Waals surface area contributed by atoms with E-state index in [9.17, 15) is 10.2 Å². The summed E-state index contributed by atoms with van der Waals surface area (Å²) in [5.74, 6) is 0.0695. The zero-order valence-corrected chi connectivity index (χ0v) is 10.9. The summed E-state index contributed by atoms with van der Waals surface area (Å²) in [6.07, 6.45) is 8.77. The van der Waals surface area contributed by atoms with Crippen molar-refractivity contribution in [3.8, 4) is 11.5 Å². The van der Waals surface area contributed by atoms with Crippen LogP contribution in [0.1, 0.15) is 19.4 Å². The largest absolute Gasteiger partial charge is 0.508 e. The molecule has 0 spiro atoms. The Bertz CT molecular complexity index is 434. The second-order valence-corrected chi connectivity index (χ2v) is 3.22. The van der Waals surface area contributed by atoms with E-state index in [0.29, 0.717) is 5.56 Å². The van der Waals surface area contributed by atoms with E-state index in [1.165, 1.54) is 6.07 Å². The molecular weight excluding hydrogens is 224 g/mol. The maximum atomic E-state index is 9.27. The second kappa shape index (κ2) is 8.88. The van der Waals surface area contributed by atoms with E-state index >= 15 is 0 Å². The summed E-state index contributed by atoms with van der Waals surface area (Å²) in [7, 11) is 0. The molecule has 0 heterocycles. The van der Waals surface area contributed by atoms with Gasteiger partial charge in [0.1, 0.15) is 11.5 Å². The summed E-state index contributed by atoms with van der Waals surface area (Å²) in [6.45, 7) is 11.3. The van der Waals surface area contributed by atoms with Crippen LogP contribution in [0.2, 0.25) is 0 Å². The van der Waals surface area contributed by atoms with Gasteiger partial charge in [-0.05, 0) is 23.3 Å². The van der Waals surface area contributed by atoms with Gasteiger partial charge in [-0.25, -0.2) is 0 Å². The molecule has 18 heavy (non-hydrogen) atoms. The molecule has 0 radical (unpaired) electrons. The lowest BCUT2D eigenvalue weighted by molar-refractivity contribution is 0.450. The number of hydrogen-bond acceptors (Lipinski definition) is 2. The number of rotatable bonds is 4. The van der Waals surface area contributed by atoms with E-state index in [0.717, 1.165) is 5.57 Å². The molecule has 2 heteroatoms. The van der Waals surface area contributed by atoms with Crippen molar-refractivity contribution in [1.82, 2.24) is 0 Å². The first-order valence-electron chi connectivity index (χ1n) is 5.82. The highest BCUT2D eigenvalue weighted by molar-refractivity contribution is 5.58. The van der Waals surface area contributed by atoms with E-state index in [1.54, 1.807) is 30.4 Å². The third-order valence-corrected chi connectivity index (χ3v) is 1.94. The lowest BCUT2D eigenvalue weighted by Gasteiger charge is -1.98. The van der Waals surface area contributed by atoms with E-state index in [-0.39, 0.29) is 11.5 Å². The number of allylic oxidation sites excluding steroid dienone is 5. The number of aromatic hydroxyl groups is 2. The average Bonchev–Trinajstić information content (AvgIpc) is 2.36. The Hall–Kier alpha value is -2.22. The molecule has 0 aliphatic rings. The highest BCUT2D eigenvalue weighted by Crippen LogP contribution is 2.21. The topological polar surface area (TPSA) is 40.5 Å². The van der Waals surface area contributed by atoms with E-state index in [2.05, 4.69) is 13.2 Å². The fraction of sp³-hybridized carbons (Fsp3) is 0.125. The average molecular weight is 244 g/mol. The molecule has 0 amide bonds. The van der Waals surface area contributed by atoms with Gasteiger partial charge in [-0.2, -0.15) is 0 Å². The van der Waals surface area contributed by atoms with Crippen molar-refractivity contribution in [2.24, 2.45) is 0 Å². The molecule has 0 bridgehead atoms. The summed E-state index contributed by atoms with van der Waals surface area (Å²) >= 11 is 0. The van der Waals surface area contributed by atoms with Crippen molar-refractivity contribution >= 4 is 6.08 Å². The Kier molecular flexibility index (Phi) is 7.78. The quantitative estimate of drug-likeness (QED) is 0.769. The van der Waals surface area contributed by atoms with Crippen molar-refractivity contribution < 1.29 is 10.2 Å². The van der Waals surface area contributed by atoms with Crippen LogP contribution in [0.5, 0.6) is 11.5 Å². The number of phenols is 2. The Balaban J connectivity index is 0.00000137. The van der Waals surface area contributed by atoms with Gasteiger partial charge in [-0.15, -0.1) is 0 Å². The number of phenolic OH excluding ortho intramolecular Hbond substituents is 2. The maximum absolute atomic E-state index is 9.27. The molecule has 0 saturated heterocycles. The lowest BCUT2D eigenvalue weighted by atomic mass is 10.1. The van der Waals surface area contributed by atoms with Crippen LogP contribution in [0, 0.1) is 0 Å². The van der Waals surface area contributed by atoms with Crippen LogP contribution < -0.4 is 0 Å². The molecule has 1 aromatic rings. The van der Waals surface area contributed by atoms with Crippen molar-refractivity contribution in [2.45, 2.75) is 13.8 Å². The third kappa shape index (κ3) is 5.75. The van der Waals surface area contributed by atoms with Crippen LogP contribution in [-0.2, 0) is 0 Å². The minimum absolute atomic E-state index is 0.0347. The Morgan fingerprint density at radius 1 is 1.06 bits per heavy atom. The third-order valence-electron chi connectivity index (χ3n) is 1.94. The van der Waals surface area contributed by atoms with Crippen molar-refractivity contribution in [3.05, 3.63) is 66.8 Å². The predicted molar refractivity (Wildman–Crippen MR) is 78.6 cm³/mol. The Morgan fingerprint density at radius 2 is 1.61 bits per heavy atom. The fourth-order valence-electron chi connectivity index (χ4n) is 1.23. The zero-order valence-electron chi connectivity index (χ0n) is 10.9. The summed E-state index contributed by atoms with van der Waals surface area (Å²) in [6, 6.07) is 4.40. The summed E-state index contributed by atoms with van der Waals surface area (Å²) < 4.78 is 0. The van der Waals surface area contributed by atoms with Crippen LogP contribution in [0.25, 0.3) is 6.08 Å². The smallest absolute Gasteiger partial charge is 0.119 e. The molecule has 0 saturated carbocycles. The predicted octanol–water partition coefficient (Wildman–Crippen LogP) is 4.44. The fourth-order valence-corrected chi connectivity index (χ4v) is 1.23. The van der Waals surface area contributed by atoms with Crippen LogP contribution in [0.4, 0.5) is 0 Å². The number of hydrogen-bond donors (Lipinski definition) is 2. The Morgan fingerprint density at radius 3 is 2.06 bits per heavy atom. The normalized spacial score (nSPS) is 10.7. The molecule has 2 nitrogen and oxygen atoms in total. The Labute approximate surface area is 109 Å². The first kappa shape index (κ1) is 15.8. The molecule has 0 fully saturated rings. The van der Waals surface area contributed by atoms with Crippen molar-refractivity contribution in [3.63, 3.8) is 0 Å². The standard InChI is InChI=1S/C14H14O2.C2H6/c1-3-5-11(4-2)6-7-12-8-13(15)10-14(16)9-12;1-2/h3-10,15-16H,1-2H2;1-2H3/b7-6+,11-5+;. The monoisotopic (exact) mass is 244 g/mol. The van der Waals surface area contributed by atoms with Gasteiger partial charge >= 0.3 is 0 Å². The molecule has 2 N–H and O–H groups in total. The van der Waals surface area contributed by atoms with Gasteiger partial charge in [0.05, 0.1) is 0 Å². The first-order chi connectivity index (χ1) is 8.65. The lowest BCUT2D eigenvalue weighted by Crippen LogP contribution is -1.74. The van der Waals surface area contributed by atoms with Gasteiger partial charge in [-0.3, -0.25) is 0 Å². The first-order valence-corrected chi connectivity index (χ1v) is 5.82. The molecule has 0 aliphatic carbocycles. The van der Waals surface area contributed by atoms with Crippen LogP contribution in [-0.4, -0.2) is 10.2 Å². The second-order valence-electron chi connectivity index (χ2n) is 3.22. The minimum atomic E-state index is 0.0347. The molecular formula is C16H20O2. The molecule has 0 unspecified atom stereocenters. The van der Waals surface area contributed by atoms with E-state index in [4.69, 9.17) is 0 Å².